The highest BCUT2D eigenvalue weighted by Crippen LogP contribution is 2.45. The first-order chi connectivity index (χ1) is 11.8. The summed E-state index contributed by atoms with van der Waals surface area (Å²) in [5.74, 6) is 1.08. The normalized spacial score (nSPS) is 22.5. The van der Waals surface area contributed by atoms with Crippen LogP contribution in [0.5, 0.6) is 0 Å². The van der Waals surface area contributed by atoms with Crippen molar-refractivity contribution >= 4 is 23.2 Å². The molecule has 0 aliphatic heterocycles. The smallest absolute Gasteiger partial charge is 0.244 e. The van der Waals surface area contributed by atoms with Crippen LogP contribution in [0.4, 0.5) is 5.69 Å². The van der Waals surface area contributed by atoms with E-state index in [2.05, 4.69) is 26.8 Å². The molecule has 1 aromatic rings. The molecule has 0 saturated heterocycles. The number of aliphatic hydroxyl groups is 1. The number of rotatable bonds is 5. The molecule has 0 radical (unpaired) electrons. The Bertz CT molecular complexity index is 572. The second-order valence-corrected chi connectivity index (χ2v) is 8.96. The van der Waals surface area contributed by atoms with Crippen LogP contribution in [-0.2, 0) is 4.79 Å². The monoisotopic (exact) mass is 365 g/mol. The Kier molecular flexibility index (Phi) is 6.93. The summed E-state index contributed by atoms with van der Waals surface area (Å²) >= 11 is 6.04. The molecule has 1 N–H and O–H groups in total. The van der Waals surface area contributed by atoms with Crippen molar-refractivity contribution < 1.29 is 9.90 Å². The molecule has 1 amide bonds. The van der Waals surface area contributed by atoms with E-state index in [1.807, 2.05) is 18.2 Å². The SMILES string of the molecule is CC(Cl)C(=O)N(CCO)c1ccccc1C1CCC(C(C)(C)C)CC1. The summed E-state index contributed by atoms with van der Waals surface area (Å²) in [6.07, 6.45) is 4.75. The van der Waals surface area contributed by atoms with Crippen LogP contribution < -0.4 is 4.90 Å². The van der Waals surface area contributed by atoms with Gasteiger partial charge < -0.3 is 10.0 Å². The first kappa shape index (κ1) is 20.3. The molecule has 1 aromatic carbocycles. The van der Waals surface area contributed by atoms with Crippen molar-refractivity contribution in [1.82, 2.24) is 0 Å². The molecule has 1 unspecified atom stereocenters. The number of amides is 1. The van der Waals surface area contributed by atoms with E-state index >= 15 is 0 Å². The molecule has 1 aliphatic rings. The fourth-order valence-electron chi connectivity index (χ4n) is 4.01. The van der Waals surface area contributed by atoms with Crippen molar-refractivity contribution in [2.45, 2.75) is 64.7 Å². The molecule has 140 valence electrons. The topological polar surface area (TPSA) is 40.5 Å². The van der Waals surface area contributed by atoms with E-state index in [4.69, 9.17) is 11.6 Å². The molecule has 0 aromatic heterocycles. The molecule has 0 bridgehead atoms. The van der Waals surface area contributed by atoms with Gasteiger partial charge in [0.2, 0.25) is 5.91 Å². The van der Waals surface area contributed by atoms with Crippen molar-refractivity contribution in [3.05, 3.63) is 29.8 Å². The maximum absolute atomic E-state index is 12.5. The second kappa shape index (κ2) is 8.55. The number of halogens is 1. The van der Waals surface area contributed by atoms with Crippen LogP contribution in [-0.4, -0.2) is 29.5 Å². The van der Waals surface area contributed by atoms with E-state index in [-0.39, 0.29) is 19.1 Å². The summed E-state index contributed by atoms with van der Waals surface area (Å²) in [5.41, 5.74) is 2.49. The zero-order valence-corrected chi connectivity index (χ0v) is 16.7. The average Bonchev–Trinajstić information content (AvgIpc) is 2.58. The maximum atomic E-state index is 12.5. The minimum absolute atomic E-state index is 0.0690. The third kappa shape index (κ3) is 4.98. The summed E-state index contributed by atoms with van der Waals surface area (Å²) in [4.78, 5) is 14.2. The molecule has 4 heteroatoms. The highest BCUT2D eigenvalue weighted by atomic mass is 35.5. The Morgan fingerprint density at radius 3 is 2.36 bits per heavy atom. The van der Waals surface area contributed by atoms with E-state index < -0.39 is 5.38 Å². The van der Waals surface area contributed by atoms with Crippen LogP contribution in [0.15, 0.2) is 24.3 Å². The fraction of sp³-hybridized carbons (Fsp3) is 0.667. The van der Waals surface area contributed by atoms with Gasteiger partial charge in [0.05, 0.1) is 6.61 Å². The quantitative estimate of drug-likeness (QED) is 0.749. The summed E-state index contributed by atoms with van der Waals surface area (Å²) in [6.45, 7) is 8.89. The van der Waals surface area contributed by atoms with Crippen LogP contribution in [0.1, 0.15) is 64.9 Å². The van der Waals surface area contributed by atoms with Gasteiger partial charge in [-0.15, -0.1) is 11.6 Å². The molecule has 0 heterocycles. The Morgan fingerprint density at radius 2 is 1.84 bits per heavy atom. The first-order valence-corrected chi connectivity index (χ1v) is 9.84. The molecule has 3 nitrogen and oxygen atoms in total. The highest BCUT2D eigenvalue weighted by Gasteiger charge is 2.32. The van der Waals surface area contributed by atoms with Crippen molar-refractivity contribution in [3.63, 3.8) is 0 Å². The van der Waals surface area contributed by atoms with Crippen molar-refractivity contribution in [2.75, 3.05) is 18.1 Å². The Hall–Kier alpha value is -1.06. The standard InChI is InChI=1S/C21H32ClNO2/c1-15(22)20(25)23(13-14-24)19-8-6-5-7-18(19)16-9-11-17(12-10-16)21(2,3)4/h5-8,15-17,24H,9-14H2,1-4H3. The minimum Gasteiger partial charge on any atom is -0.395 e. The van der Waals surface area contributed by atoms with Crippen LogP contribution in [0.2, 0.25) is 0 Å². The molecule has 0 spiro atoms. The molecule has 1 fully saturated rings. The molecule has 25 heavy (non-hydrogen) atoms. The van der Waals surface area contributed by atoms with E-state index in [9.17, 15) is 9.90 Å². The summed E-state index contributed by atoms with van der Waals surface area (Å²) in [7, 11) is 0. The van der Waals surface area contributed by atoms with Crippen LogP contribution in [0.25, 0.3) is 0 Å². The Morgan fingerprint density at radius 1 is 1.24 bits per heavy atom. The molecule has 1 aliphatic carbocycles. The zero-order valence-electron chi connectivity index (χ0n) is 16.0. The van der Waals surface area contributed by atoms with Gasteiger partial charge in [-0.2, -0.15) is 0 Å². The number of hydrogen-bond donors (Lipinski definition) is 1. The van der Waals surface area contributed by atoms with Gasteiger partial charge in [-0.1, -0.05) is 39.0 Å². The van der Waals surface area contributed by atoms with Gasteiger partial charge in [0, 0.05) is 12.2 Å². The number of para-hydroxylation sites is 1. The van der Waals surface area contributed by atoms with E-state index in [1.165, 1.54) is 18.4 Å². The summed E-state index contributed by atoms with van der Waals surface area (Å²) in [5, 5.41) is 8.82. The predicted octanol–water partition coefficient (Wildman–Crippen LogP) is 4.96. The average molecular weight is 366 g/mol. The second-order valence-electron chi connectivity index (χ2n) is 8.30. The molecule has 2 rings (SSSR count). The number of carbonyl (C=O) groups is 1. The lowest BCUT2D eigenvalue weighted by molar-refractivity contribution is -0.118. The van der Waals surface area contributed by atoms with Gasteiger partial charge >= 0.3 is 0 Å². The van der Waals surface area contributed by atoms with Crippen molar-refractivity contribution in [3.8, 4) is 0 Å². The predicted molar refractivity (Wildman–Crippen MR) is 105 cm³/mol. The van der Waals surface area contributed by atoms with E-state index in [1.54, 1.807) is 11.8 Å². The van der Waals surface area contributed by atoms with E-state index in [0.29, 0.717) is 11.3 Å². The maximum Gasteiger partial charge on any atom is 0.244 e. The lowest BCUT2D eigenvalue weighted by Crippen LogP contribution is -2.38. The first-order valence-electron chi connectivity index (χ1n) is 9.41. The van der Waals surface area contributed by atoms with Crippen molar-refractivity contribution in [2.24, 2.45) is 11.3 Å². The van der Waals surface area contributed by atoms with Gasteiger partial charge in [0.25, 0.3) is 0 Å². The van der Waals surface area contributed by atoms with Gasteiger partial charge in [-0.25, -0.2) is 0 Å². The lowest BCUT2D eigenvalue weighted by atomic mass is 9.68. The van der Waals surface area contributed by atoms with Crippen LogP contribution >= 0.6 is 11.6 Å². The number of aliphatic hydroxyl groups excluding tert-OH is 1. The van der Waals surface area contributed by atoms with Gasteiger partial charge in [0.1, 0.15) is 5.38 Å². The number of carbonyl (C=O) groups excluding carboxylic acids is 1. The van der Waals surface area contributed by atoms with Gasteiger partial charge in [0.15, 0.2) is 0 Å². The zero-order chi connectivity index (χ0) is 18.6. The lowest BCUT2D eigenvalue weighted by Gasteiger charge is -2.38. The van der Waals surface area contributed by atoms with E-state index in [0.717, 1.165) is 24.4 Å². The molecule has 1 saturated carbocycles. The molecular weight excluding hydrogens is 334 g/mol. The largest absolute Gasteiger partial charge is 0.395 e. The fourth-order valence-corrected chi connectivity index (χ4v) is 4.13. The Balaban J connectivity index is 2.24. The molecular formula is C21H32ClNO2. The van der Waals surface area contributed by atoms with Crippen LogP contribution in [0.3, 0.4) is 0 Å². The summed E-state index contributed by atoms with van der Waals surface area (Å²) in [6, 6.07) is 8.11. The molecule has 1 atom stereocenters. The van der Waals surface area contributed by atoms with Crippen LogP contribution in [0, 0.1) is 11.3 Å². The highest BCUT2D eigenvalue weighted by molar-refractivity contribution is 6.32. The number of benzene rings is 1. The summed E-state index contributed by atoms with van der Waals surface area (Å²) < 4.78 is 0. The number of anilines is 1. The minimum atomic E-state index is -0.601. The third-order valence-corrected chi connectivity index (χ3v) is 5.74. The number of hydrogen-bond acceptors (Lipinski definition) is 2. The van der Waals surface area contributed by atoms with Crippen molar-refractivity contribution in [1.29, 1.82) is 0 Å². The Labute approximate surface area is 157 Å². The third-order valence-electron chi connectivity index (χ3n) is 5.55. The number of alkyl halides is 1. The van der Waals surface area contributed by atoms with Gasteiger partial charge in [-0.05, 0) is 61.5 Å². The number of nitrogens with zero attached hydrogens (tertiary/aromatic N) is 1. The van der Waals surface area contributed by atoms with Gasteiger partial charge in [-0.3, -0.25) is 4.79 Å².